The van der Waals surface area contributed by atoms with Crippen molar-refractivity contribution in [1.29, 1.82) is 0 Å². The van der Waals surface area contributed by atoms with Gasteiger partial charge in [0.05, 0.1) is 0 Å². The summed E-state index contributed by atoms with van der Waals surface area (Å²) in [6.45, 7) is 16.2. The zero-order chi connectivity index (χ0) is 88.4. The first-order chi connectivity index (χ1) is 52.4. The van der Waals surface area contributed by atoms with Crippen LogP contribution in [0.5, 0.6) is 0 Å². The number of hydrogen-bond donors (Lipinski definition) is 0. The van der Waals surface area contributed by atoms with Crippen molar-refractivity contribution in [3.05, 3.63) is 219 Å². The zero-order valence-electron chi connectivity index (χ0n) is 61.0. The molecule has 0 aliphatic carbocycles. The summed E-state index contributed by atoms with van der Waals surface area (Å²) in [6, 6.07) is 26.2. The van der Waals surface area contributed by atoms with Gasteiger partial charge in [-0.2, -0.15) is 95.9 Å². The Morgan fingerprint density at radius 3 is 0.629 bits per heavy atom. The Balaban J connectivity index is 1.24. The molecule has 0 spiro atoms. The molecular formula is C72H60F27IO9S7. The van der Waals surface area contributed by atoms with Crippen LogP contribution in [0.2, 0.25) is 0 Å². The van der Waals surface area contributed by atoms with Crippen LogP contribution in [0.25, 0.3) is 0 Å². The van der Waals surface area contributed by atoms with Gasteiger partial charge in [0.25, 0.3) is 0 Å². The Morgan fingerprint density at radius 2 is 0.440 bits per heavy atom. The summed E-state index contributed by atoms with van der Waals surface area (Å²) in [5, 5.41) is -22.2. The Hall–Kier alpha value is -6.27. The van der Waals surface area contributed by atoms with Crippen molar-refractivity contribution in [2.24, 2.45) is 0 Å². The molecule has 0 bridgehead atoms. The van der Waals surface area contributed by atoms with Crippen molar-refractivity contribution < 1.29 is 154 Å². The molecule has 0 atom stereocenters. The average Bonchev–Trinajstić information content (AvgIpc) is 0.702. The smallest absolute Gasteiger partial charge is 0.0552 e. The van der Waals surface area contributed by atoms with E-state index in [4.69, 9.17) is 7.26 Å². The van der Waals surface area contributed by atoms with Gasteiger partial charge in [0.15, 0.2) is 0 Å². The first-order valence-electron chi connectivity index (χ1n) is 32.3. The second-order valence-corrected chi connectivity index (χ2v) is 43.9. The summed E-state index contributed by atoms with van der Waals surface area (Å²) >= 11 is -3.85. The fraction of sp³-hybridized carbons (Fsp3) is 0.333. The third-order valence-electron chi connectivity index (χ3n) is 17.2. The second kappa shape index (κ2) is 31.6. The second-order valence-electron chi connectivity index (χ2n) is 26.4. The number of halogens is 28. The molecule has 44 heteroatoms. The van der Waals surface area contributed by atoms with Crippen LogP contribution in [-0.4, -0.2) is 95.1 Å². The summed E-state index contributed by atoms with van der Waals surface area (Å²) in [7, 11) is -32.6. The van der Waals surface area contributed by atoms with Gasteiger partial charge in [-0.05, 0) is 83.1 Å². The molecule has 0 fully saturated rings. The third-order valence-corrected chi connectivity index (χ3v) is 38.2. The molecule has 8 aromatic carbocycles. The maximum atomic E-state index is 16.1. The zero-order valence-corrected chi connectivity index (χ0v) is 68.8. The minimum Gasteiger partial charge on any atom is -0.0552 e. The van der Waals surface area contributed by atoms with Gasteiger partial charge in [0, 0.05) is 0 Å². The Bertz CT molecular complexity index is 4930. The Morgan fingerprint density at radius 1 is 0.259 bits per heavy atom. The van der Waals surface area contributed by atoms with E-state index in [1.807, 2.05) is 0 Å². The van der Waals surface area contributed by atoms with Gasteiger partial charge in [0.1, 0.15) is 0 Å². The van der Waals surface area contributed by atoms with Crippen LogP contribution >= 0.6 is 64.4 Å². The van der Waals surface area contributed by atoms with Crippen molar-refractivity contribution in [2.75, 3.05) is 0 Å². The molecule has 0 aliphatic heterocycles. The van der Waals surface area contributed by atoms with Gasteiger partial charge in [-0.25, -0.2) is 0 Å². The molecule has 0 heterocycles. The van der Waals surface area contributed by atoms with Gasteiger partial charge in [-0.15, -0.1) is 0 Å². The minimum absolute atomic E-state index is 0.0294. The number of hydrogen-bond acceptors (Lipinski definition) is 11. The predicted molar refractivity (Wildman–Crippen MR) is 386 cm³/mol. The first kappa shape index (κ1) is 95.2. The van der Waals surface area contributed by atoms with Crippen LogP contribution in [-0.2, 0) is 40.1 Å². The molecule has 0 aliphatic rings. The number of rotatable bonds is 27. The van der Waals surface area contributed by atoms with Crippen LogP contribution in [0, 0.1) is 90.2 Å². The van der Waals surface area contributed by atoms with Crippen molar-refractivity contribution in [3.63, 3.8) is 0 Å². The summed E-state index contributed by atoms with van der Waals surface area (Å²) in [6.07, 6.45) is -22.5. The van der Waals surface area contributed by atoms with Crippen molar-refractivity contribution >= 4 is 94.7 Å². The fourth-order valence-corrected chi connectivity index (χ4v) is 33.0. The molecule has 0 unspecified atom stereocenters. The van der Waals surface area contributed by atoms with E-state index in [1.54, 1.807) is 0 Å². The van der Waals surface area contributed by atoms with Gasteiger partial charge in [-0.1, -0.05) is 70.8 Å². The normalized spacial score (nSPS) is 14.6. The van der Waals surface area contributed by atoms with Crippen LogP contribution in [0.1, 0.15) is 66.8 Å². The standard InChI is InChI=1S/C72H60F27IO9S7/c1-37-29-41(5)57(42(6)30-37)112(58-43(7)31-38(2)32-44(58)8,108-115(103,104)71(96,97)65(81,82)62(75,76)68(88,89)90)55-25-21-53(22-26-55)110-51-17-13-49(14-18-51)100(107-114(101,102)70(94,95)64(79,80)61(73,74)67(85,86)87)50-15-19-52(20-16-50)111-54-23-27-56(28-24-54)113(59-45(9)33-39(3)34-46(59)10,60-47(11)35-40(4)36-48(60)12)109-116(105,106)72(98,99)66(83,84)63(77,78)69(91,92)93/h13-36H,1-12H3. The summed E-state index contributed by atoms with van der Waals surface area (Å²) in [5.41, 5.74) is 1.32. The first-order valence-corrected chi connectivity index (χ1v) is 44.3. The molecule has 0 radical (unpaired) electrons. The van der Waals surface area contributed by atoms with E-state index >= 15 is 43.9 Å². The molecule has 0 aromatic heterocycles. The van der Waals surface area contributed by atoms with E-state index in [0.29, 0.717) is 45.8 Å². The van der Waals surface area contributed by atoms with E-state index in [1.165, 1.54) is 132 Å². The minimum atomic E-state index is -7.83. The fourth-order valence-electron chi connectivity index (χ4n) is 12.5. The van der Waals surface area contributed by atoms with E-state index in [9.17, 15) is 99.9 Å². The molecule has 0 N–H and O–H groups in total. The summed E-state index contributed by atoms with van der Waals surface area (Å²) in [4.78, 5) is -2.71. The topological polar surface area (TPSA) is 130 Å². The average molecular weight is 1930 g/mol. The molecule has 8 rings (SSSR count). The van der Waals surface area contributed by atoms with Gasteiger partial charge in [0.2, 0.25) is 0 Å². The van der Waals surface area contributed by atoms with E-state index in [2.05, 4.69) is 2.51 Å². The Labute approximate surface area is 665 Å². The summed E-state index contributed by atoms with van der Waals surface area (Å²) < 4.78 is 491. The maximum absolute atomic E-state index is 16.1. The van der Waals surface area contributed by atoms with Gasteiger partial charge in [-0.3, -0.25) is 0 Å². The van der Waals surface area contributed by atoms with Crippen molar-refractivity contribution in [2.45, 2.75) is 202 Å². The molecule has 9 nitrogen and oxygen atoms in total. The monoisotopic (exact) mass is 1930 g/mol. The van der Waals surface area contributed by atoms with Gasteiger partial charge >= 0.3 is 420 Å². The number of aryl methyl sites for hydroxylation is 12. The van der Waals surface area contributed by atoms with Crippen LogP contribution in [0.4, 0.5) is 119 Å². The molecule has 0 saturated carbocycles. The quantitative estimate of drug-likeness (QED) is 0.0360. The predicted octanol–water partition coefficient (Wildman–Crippen LogP) is 25.9. The molecule has 116 heavy (non-hydrogen) atoms. The SMILES string of the molecule is Cc1cc(C)c(S(OS(=O)(=O)C(F)(F)C(F)(F)C(F)(F)C(F)(F)F)(c2ccc(Sc3ccc(I(OS(=O)(=O)C(F)(F)C(F)(F)C(F)(F)C(F)(F)F)c4ccc(Sc5ccc(S(OS(=O)(=O)C(F)(F)C(F)(F)C(F)(F)C(F)(F)F)(c6c(C)cc(C)cc6C)c6c(C)cc(C)cc6C)cc5)cc4)cc3)cc2)c2c(C)cc(C)cc2C)c(C)c1. The van der Waals surface area contributed by atoms with Crippen LogP contribution < -0.4 is 0 Å². The van der Waals surface area contributed by atoms with E-state index in [-0.39, 0.29) is 83.7 Å². The third kappa shape index (κ3) is 16.3. The molecule has 640 valence electrons. The van der Waals surface area contributed by atoms with Crippen molar-refractivity contribution in [1.82, 2.24) is 0 Å². The number of alkyl halides is 27. The van der Waals surface area contributed by atoms with Crippen molar-refractivity contribution in [3.8, 4) is 0 Å². The molecule has 0 amide bonds. The van der Waals surface area contributed by atoms with Gasteiger partial charge < -0.3 is 0 Å². The Kier molecular flexibility index (Phi) is 26.0. The van der Waals surface area contributed by atoms with Crippen LogP contribution in [0.3, 0.4) is 0 Å². The van der Waals surface area contributed by atoms with E-state index in [0.717, 1.165) is 97.1 Å². The number of benzene rings is 8. The van der Waals surface area contributed by atoms with Crippen LogP contribution in [0.15, 0.2) is 195 Å². The molecular weight excluding hydrogens is 1870 g/mol. The summed E-state index contributed by atoms with van der Waals surface area (Å²) in [5.74, 6) is -46.6. The molecule has 0 saturated heterocycles. The molecule has 8 aromatic rings. The van der Waals surface area contributed by atoms with E-state index < -0.39 is 158 Å².